The first-order chi connectivity index (χ1) is 8.19. The van der Waals surface area contributed by atoms with Crippen LogP contribution in [0.2, 0.25) is 5.02 Å². The number of nitrogens with zero attached hydrogens (tertiary/aromatic N) is 2. The minimum Gasteiger partial charge on any atom is -0.486 e. The van der Waals surface area contributed by atoms with Crippen LogP contribution in [0.1, 0.15) is 17.5 Å². The van der Waals surface area contributed by atoms with Gasteiger partial charge in [0.15, 0.2) is 5.01 Å². The van der Waals surface area contributed by atoms with Crippen molar-refractivity contribution in [3.63, 3.8) is 0 Å². The van der Waals surface area contributed by atoms with Crippen molar-refractivity contribution in [2.75, 3.05) is 5.73 Å². The average Bonchev–Trinajstić information content (AvgIpc) is 2.74. The molecule has 0 saturated carbocycles. The molecule has 0 aliphatic heterocycles. The first kappa shape index (κ1) is 12.1. The number of benzene rings is 1. The predicted octanol–water partition coefficient (Wildman–Crippen LogP) is 2.92. The van der Waals surface area contributed by atoms with Crippen LogP contribution in [0.4, 0.5) is 5.13 Å². The zero-order valence-electron chi connectivity index (χ0n) is 9.31. The van der Waals surface area contributed by atoms with Gasteiger partial charge in [-0.05, 0) is 30.2 Å². The third-order valence-electron chi connectivity index (χ3n) is 2.24. The summed E-state index contributed by atoms with van der Waals surface area (Å²) in [6.07, 6.45) is 0.877. The molecule has 0 bridgehead atoms. The van der Waals surface area contributed by atoms with Crippen LogP contribution in [-0.4, -0.2) is 10.2 Å². The number of hydrogen-bond acceptors (Lipinski definition) is 5. The Morgan fingerprint density at radius 2 is 2.24 bits per heavy atom. The number of halogens is 1. The van der Waals surface area contributed by atoms with Gasteiger partial charge in [-0.1, -0.05) is 29.9 Å². The Morgan fingerprint density at radius 3 is 2.88 bits per heavy atom. The van der Waals surface area contributed by atoms with Gasteiger partial charge in [0.1, 0.15) is 12.4 Å². The number of nitrogens with two attached hydrogens (primary N) is 1. The lowest BCUT2D eigenvalue weighted by molar-refractivity contribution is 0.304. The Balaban J connectivity index is 2.04. The minimum absolute atomic E-state index is 0.375. The van der Waals surface area contributed by atoms with E-state index in [4.69, 9.17) is 22.1 Å². The van der Waals surface area contributed by atoms with Crippen LogP contribution in [0.5, 0.6) is 5.75 Å². The van der Waals surface area contributed by atoms with Crippen molar-refractivity contribution in [3.8, 4) is 5.75 Å². The second-order valence-electron chi connectivity index (χ2n) is 3.43. The molecule has 90 valence electrons. The number of aromatic nitrogens is 2. The third kappa shape index (κ3) is 3.08. The molecule has 1 aromatic heterocycles. The second kappa shape index (κ2) is 5.33. The highest BCUT2D eigenvalue weighted by molar-refractivity contribution is 7.15. The summed E-state index contributed by atoms with van der Waals surface area (Å²) in [6.45, 7) is 2.43. The maximum atomic E-state index is 6.02. The molecule has 0 fully saturated rings. The fourth-order valence-corrected chi connectivity index (χ4v) is 2.16. The molecule has 1 aromatic carbocycles. The molecule has 0 aliphatic carbocycles. The van der Waals surface area contributed by atoms with E-state index in [9.17, 15) is 0 Å². The molecule has 0 atom stereocenters. The number of anilines is 1. The SMILES string of the molecule is CCc1cc(OCc2nnc(N)s2)ccc1Cl. The van der Waals surface area contributed by atoms with Crippen LogP contribution in [0.3, 0.4) is 0 Å². The molecule has 17 heavy (non-hydrogen) atoms. The van der Waals surface area contributed by atoms with E-state index in [-0.39, 0.29) is 0 Å². The van der Waals surface area contributed by atoms with Gasteiger partial charge in [0.25, 0.3) is 0 Å². The van der Waals surface area contributed by atoms with Gasteiger partial charge in [0.2, 0.25) is 5.13 Å². The van der Waals surface area contributed by atoms with Gasteiger partial charge in [-0.3, -0.25) is 0 Å². The lowest BCUT2D eigenvalue weighted by Crippen LogP contribution is -1.95. The Labute approximate surface area is 108 Å². The monoisotopic (exact) mass is 269 g/mol. The number of hydrogen-bond donors (Lipinski definition) is 1. The molecule has 0 radical (unpaired) electrons. The van der Waals surface area contributed by atoms with E-state index in [1.54, 1.807) is 0 Å². The van der Waals surface area contributed by atoms with Gasteiger partial charge >= 0.3 is 0 Å². The summed E-state index contributed by atoms with van der Waals surface area (Å²) in [4.78, 5) is 0. The molecular weight excluding hydrogens is 258 g/mol. The topological polar surface area (TPSA) is 61.0 Å². The number of nitrogen functional groups attached to an aromatic ring is 1. The summed E-state index contributed by atoms with van der Waals surface area (Å²) in [7, 11) is 0. The summed E-state index contributed by atoms with van der Waals surface area (Å²) >= 11 is 7.35. The maximum absolute atomic E-state index is 6.02. The number of aryl methyl sites for hydroxylation is 1. The van der Waals surface area contributed by atoms with Crippen LogP contribution in [0.25, 0.3) is 0 Å². The quantitative estimate of drug-likeness (QED) is 0.927. The van der Waals surface area contributed by atoms with Crippen molar-refractivity contribution < 1.29 is 4.74 Å². The summed E-state index contributed by atoms with van der Waals surface area (Å²) in [6, 6.07) is 5.61. The van der Waals surface area contributed by atoms with E-state index < -0.39 is 0 Å². The average molecular weight is 270 g/mol. The Kier molecular flexibility index (Phi) is 3.81. The van der Waals surface area contributed by atoms with Crippen LogP contribution in [0.15, 0.2) is 18.2 Å². The molecule has 0 spiro atoms. The van der Waals surface area contributed by atoms with Crippen molar-refractivity contribution in [1.82, 2.24) is 10.2 Å². The standard InChI is InChI=1S/C11H12ClN3OS/c1-2-7-5-8(3-4-9(7)12)16-6-10-14-15-11(13)17-10/h3-5H,2,6H2,1H3,(H2,13,15). The lowest BCUT2D eigenvalue weighted by atomic mass is 10.1. The van der Waals surface area contributed by atoms with Crippen molar-refractivity contribution in [2.24, 2.45) is 0 Å². The highest BCUT2D eigenvalue weighted by atomic mass is 35.5. The van der Waals surface area contributed by atoms with E-state index in [2.05, 4.69) is 17.1 Å². The zero-order valence-corrected chi connectivity index (χ0v) is 10.9. The van der Waals surface area contributed by atoms with Crippen molar-refractivity contribution in [2.45, 2.75) is 20.0 Å². The van der Waals surface area contributed by atoms with Gasteiger partial charge in [0.05, 0.1) is 0 Å². The summed E-state index contributed by atoms with van der Waals surface area (Å²) in [5.41, 5.74) is 6.56. The normalized spacial score (nSPS) is 10.5. The van der Waals surface area contributed by atoms with Crippen molar-refractivity contribution in [3.05, 3.63) is 33.8 Å². The molecule has 4 nitrogen and oxygen atoms in total. The van der Waals surface area contributed by atoms with E-state index in [1.165, 1.54) is 11.3 Å². The van der Waals surface area contributed by atoms with Gasteiger partial charge in [-0.25, -0.2) is 0 Å². The Bertz CT molecular complexity index is 515. The molecular formula is C11H12ClN3OS. The second-order valence-corrected chi connectivity index (χ2v) is 4.93. The first-order valence-electron chi connectivity index (χ1n) is 5.18. The smallest absolute Gasteiger partial charge is 0.203 e. The van der Waals surface area contributed by atoms with E-state index in [1.807, 2.05) is 18.2 Å². The predicted molar refractivity (Wildman–Crippen MR) is 69.5 cm³/mol. The van der Waals surface area contributed by atoms with Crippen LogP contribution in [-0.2, 0) is 13.0 Å². The molecule has 2 N–H and O–H groups in total. The van der Waals surface area contributed by atoms with Crippen molar-refractivity contribution in [1.29, 1.82) is 0 Å². The highest BCUT2D eigenvalue weighted by Gasteiger charge is 2.04. The Morgan fingerprint density at radius 1 is 1.41 bits per heavy atom. The van der Waals surface area contributed by atoms with E-state index in [0.29, 0.717) is 11.7 Å². The molecule has 0 amide bonds. The summed E-state index contributed by atoms with van der Waals surface area (Å²) < 4.78 is 5.60. The zero-order chi connectivity index (χ0) is 12.3. The number of ether oxygens (including phenoxy) is 1. The minimum atomic E-state index is 0.375. The third-order valence-corrected chi connectivity index (χ3v) is 3.34. The van der Waals surface area contributed by atoms with Crippen molar-refractivity contribution >= 4 is 28.1 Å². The van der Waals surface area contributed by atoms with Gasteiger partial charge < -0.3 is 10.5 Å². The first-order valence-corrected chi connectivity index (χ1v) is 6.37. The summed E-state index contributed by atoms with van der Waals surface area (Å²) in [5, 5.41) is 9.58. The molecule has 1 heterocycles. The number of rotatable bonds is 4. The van der Waals surface area contributed by atoms with Gasteiger partial charge in [-0.15, -0.1) is 10.2 Å². The molecule has 6 heteroatoms. The lowest BCUT2D eigenvalue weighted by Gasteiger charge is -2.06. The highest BCUT2D eigenvalue weighted by Crippen LogP contribution is 2.23. The molecule has 0 aliphatic rings. The van der Waals surface area contributed by atoms with Gasteiger partial charge in [0, 0.05) is 5.02 Å². The molecule has 2 aromatic rings. The molecule has 0 unspecified atom stereocenters. The van der Waals surface area contributed by atoms with Crippen LogP contribution in [0, 0.1) is 0 Å². The fraction of sp³-hybridized carbons (Fsp3) is 0.273. The molecule has 2 rings (SSSR count). The molecule has 0 saturated heterocycles. The van der Waals surface area contributed by atoms with Crippen LogP contribution >= 0.6 is 22.9 Å². The largest absolute Gasteiger partial charge is 0.486 e. The van der Waals surface area contributed by atoms with Gasteiger partial charge in [-0.2, -0.15) is 0 Å². The maximum Gasteiger partial charge on any atom is 0.203 e. The fourth-order valence-electron chi connectivity index (χ4n) is 1.38. The van der Waals surface area contributed by atoms with E-state index >= 15 is 0 Å². The van der Waals surface area contributed by atoms with E-state index in [0.717, 1.165) is 27.8 Å². The van der Waals surface area contributed by atoms with Crippen LogP contribution < -0.4 is 10.5 Å². The summed E-state index contributed by atoms with van der Waals surface area (Å²) in [5.74, 6) is 0.778. The Hall–Kier alpha value is -1.33.